The van der Waals surface area contributed by atoms with Crippen molar-refractivity contribution in [2.24, 2.45) is 14.1 Å². The first-order valence-electron chi connectivity index (χ1n) is 8.42. The molecule has 30 heavy (non-hydrogen) atoms. The summed E-state index contributed by atoms with van der Waals surface area (Å²) in [6.45, 7) is -2.97. The molecule has 0 aliphatic rings. The van der Waals surface area contributed by atoms with Crippen LogP contribution in [0.15, 0.2) is 33.9 Å². The van der Waals surface area contributed by atoms with Crippen LogP contribution in [0.5, 0.6) is 5.75 Å². The van der Waals surface area contributed by atoms with E-state index in [9.17, 15) is 18.4 Å². The molecular weight excluding hydrogens is 426 g/mol. The highest BCUT2D eigenvalue weighted by atomic mass is 35.5. The SMILES string of the molecule is Cn1c(=O)c2c(nc(Cl)n2Cc2nnnn2-c2ccc(OC(F)F)cc2)n(C)c1=O. The summed E-state index contributed by atoms with van der Waals surface area (Å²) < 4.78 is 33.9. The van der Waals surface area contributed by atoms with Crippen molar-refractivity contribution in [2.75, 3.05) is 0 Å². The molecule has 3 heterocycles. The lowest BCUT2D eigenvalue weighted by Crippen LogP contribution is -2.37. The predicted octanol–water partition coefficient (Wildman–Crippen LogP) is 0.712. The molecule has 0 spiro atoms. The first-order valence-corrected chi connectivity index (χ1v) is 8.80. The summed E-state index contributed by atoms with van der Waals surface area (Å²) in [5, 5.41) is 11.4. The van der Waals surface area contributed by atoms with Gasteiger partial charge in [0.05, 0.1) is 12.2 Å². The second kappa shape index (κ2) is 7.33. The van der Waals surface area contributed by atoms with Crippen molar-refractivity contribution in [3.05, 3.63) is 56.2 Å². The van der Waals surface area contributed by atoms with Crippen LogP contribution in [0.3, 0.4) is 0 Å². The van der Waals surface area contributed by atoms with Crippen LogP contribution in [0.1, 0.15) is 5.82 Å². The van der Waals surface area contributed by atoms with Crippen LogP contribution < -0.4 is 16.0 Å². The Morgan fingerprint density at radius 3 is 2.50 bits per heavy atom. The van der Waals surface area contributed by atoms with Crippen molar-refractivity contribution >= 4 is 22.8 Å². The van der Waals surface area contributed by atoms with Gasteiger partial charge >= 0.3 is 12.3 Å². The minimum absolute atomic E-state index is 0.0172. The highest BCUT2D eigenvalue weighted by Crippen LogP contribution is 2.20. The summed E-state index contributed by atoms with van der Waals surface area (Å²) in [6, 6.07) is 5.68. The molecule has 156 valence electrons. The number of benzene rings is 1. The Labute approximate surface area is 170 Å². The number of imidazole rings is 1. The average molecular weight is 439 g/mol. The molecule has 11 nitrogen and oxygen atoms in total. The summed E-state index contributed by atoms with van der Waals surface area (Å²) >= 11 is 6.22. The molecule has 0 radical (unpaired) electrons. The fourth-order valence-electron chi connectivity index (χ4n) is 2.98. The monoisotopic (exact) mass is 438 g/mol. The van der Waals surface area contributed by atoms with Crippen LogP contribution in [0.25, 0.3) is 16.9 Å². The van der Waals surface area contributed by atoms with Crippen molar-refractivity contribution < 1.29 is 13.5 Å². The lowest BCUT2D eigenvalue weighted by Gasteiger charge is -2.09. The summed E-state index contributed by atoms with van der Waals surface area (Å²) in [7, 11) is 2.83. The van der Waals surface area contributed by atoms with Crippen LogP contribution in [-0.4, -0.2) is 45.5 Å². The van der Waals surface area contributed by atoms with Gasteiger partial charge in [-0.3, -0.25) is 13.9 Å². The molecule has 0 amide bonds. The number of aromatic nitrogens is 8. The molecule has 0 saturated heterocycles. The minimum atomic E-state index is -2.94. The van der Waals surface area contributed by atoms with Crippen molar-refractivity contribution in [3.8, 4) is 11.4 Å². The maximum absolute atomic E-state index is 12.6. The summed E-state index contributed by atoms with van der Waals surface area (Å²) in [5.41, 5.74) is -0.400. The molecule has 0 bridgehead atoms. The van der Waals surface area contributed by atoms with Gasteiger partial charge in [0.15, 0.2) is 17.0 Å². The van der Waals surface area contributed by atoms with Crippen LogP contribution in [-0.2, 0) is 20.6 Å². The lowest BCUT2D eigenvalue weighted by molar-refractivity contribution is -0.0498. The Morgan fingerprint density at radius 2 is 1.83 bits per heavy atom. The largest absolute Gasteiger partial charge is 0.435 e. The first-order chi connectivity index (χ1) is 14.3. The van der Waals surface area contributed by atoms with Gasteiger partial charge in [-0.2, -0.15) is 18.4 Å². The molecule has 0 aliphatic carbocycles. The van der Waals surface area contributed by atoms with Crippen LogP contribution in [0, 0.1) is 0 Å². The van der Waals surface area contributed by atoms with E-state index in [1.54, 1.807) is 0 Å². The number of aryl methyl sites for hydroxylation is 1. The van der Waals surface area contributed by atoms with E-state index in [0.717, 1.165) is 4.57 Å². The smallest absolute Gasteiger partial charge is 0.387 e. The van der Waals surface area contributed by atoms with Gasteiger partial charge in [0, 0.05) is 14.1 Å². The van der Waals surface area contributed by atoms with Gasteiger partial charge in [0.25, 0.3) is 5.56 Å². The maximum Gasteiger partial charge on any atom is 0.387 e. The third kappa shape index (κ3) is 3.22. The Balaban J connectivity index is 1.77. The van der Waals surface area contributed by atoms with Gasteiger partial charge < -0.3 is 9.30 Å². The van der Waals surface area contributed by atoms with E-state index in [1.165, 1.54) is 52.2 Å². The van der Waals surface area contributed by atoms with E-state index in [1.807, 2.05) is 0 Å². The average Bonchev–Trinajstić information content (AvgIpc) is 3.30. The van der Waals surface area contributed by atoms with Crippen molar-refractivity contribution in [3.63, 3.8) is 0 Å². The Morgan fingerprint density at radius 1 is 1.13 bits per heavy atom. The number of alkyl halides is 2. The quantitative estimate of drug-likeness (QED) is 0.421. The zero-order valence-corrected chi connectivity index (χ0v) is 16.3. The Kier molecular flexibility index (Phi) is 4.81. The number of hydrogen-bond acceptors (Lipinski definition) is 7. The highest BCUT2D eigenvalue weighted by Gasteiger charge is 2.20. The zero-order chi connectivity index (χ0) is 21.6. The first kappa shape index (κ1) is 19.7. The summed E-state index contributed by atoms with van der Waals surface area (Å²) in [4.78, 5) is 28.9. The maximum atomic E-state index is 12.6. The number of rotatable bonds is 5. The molecule has 14 heteroatoms. The van der Waals surface area contributed by atoms with Crippen molar-refractivity contribution in [2.45, 2.75) is 13.2 Å². The van der Waals surface area contributed by atoms with Gasteiger partial charge in [-0.15, -0.1) is 5.10 Å². The summed E-state index contributed by atoms with van der Waals surface area (Å²) in [6.07, 6.45) is 0. The minimum Gasteiger partial charge on any atom is -0.435 e. The normalized spacial score (nSPS) is 11.5. The van der Waals surface area contributed by atoms with Gasteiger partial charge in [-0.25, -0.2) is 4.79 Å². The highest BCUT2D eigenvalue weighted by molar-refractivity contribution is 6.29. The zero-order valence-electron chi connectivity index (χ0n) is 15.5. The van der Waals surface area contributed by atoms with Crippen LogP contribution >= 0.6 is 11.6 Å². The van der Waals surface area contributed by atoms with Crippen LogP contribution in [0.4, 0.5) is 8.78 Å². The molecule has 0 N–H and O–H groups in total. The number of halogens is 3. The molecule has 4 rings (SSSR count). The topological polar surface area (TPSA) is 115 Å². The van der Waals surface area contributed by atoms with Crippen molar-refractivity contribution in [1.29, 1.82) is 0 Å². The van der Waals surface area contributed by atoms with Crippen molar-refractivity contribution in [1.82, 2.24) is 38.9 Å². The second-order valence-corrected chi connectivity index (χ2v) is 6.56. The van der Waals surface area contributed by atoms with Gasteiger partial charge in [0.2, 0.25) is 5.28 Å². The fraction of sp³-hybridized carbons (Fsp3) is 0.250. The molecular formula is C16H13ClF2N8O3. The molecule has 0 fully saturated rings. The van der Waals surface area contributed by atoms with E-state index in [2.05, 4.69) is 25.2 Å². The molecule has 0 saturated carbocycles. The number of ether oxygens (including phenoxy) is 1. The standard InChI is InChI=1S/C16H13ClF2N8O3/c1-24-12-11(13(28)25(2)16(24)29)26(14(17)20-12)7-10-21-22-23-27(10)8-3-5-9(6-4-8)30-15(18)19/h3-6,15H,7H2,1-2H3. The fourth-order valence-corrected chi connectivity index (χ4v) is 3.20. The van der Waals surface area contributed by atoms with E-state index in [4.69, 9.17) is 11.6 Å². The summed E-state index contributed by atoms with van der Waals surface area (Å²) in [5.74, 6) is 0.270. The molecule has 3 aromatic heterocycles. The van der Waals surface area contributed by atoms with E-state index >= 15 is 0 Å². The van der Waals surface area contributed by atoms with E-state index < -0.39 is 17.9 Å². The number of hydrogen-bond donors (Lipinski definition) is 0. The molecule has 1 aromatic carbocycles. The molecule has 0 unspecified atom stereocenters. The number of nitrogens with zero attached hydrogens (tertiary/aromatic N) is 8. The number of fused-ring (bicyclic) bond motifs is 1. The molecule has 0 atom stereocenters. The third-order valence-corrected chi connectivity index (χ3v) is 4.73. The lowest BCUT2D eigenvalue weighted by atomic mass is 10.3. The predicted molar refractivity (Wildman–Crippen MR) is 100 cm³/mol. The van der Waals surface area contributed by atoms with Gasteiger partial charge in [-0.1, -0.05) is 0 Å². The van der Waals surface area contributed by atoms with Gasteiger partial charge in [-0.05, 0) is 46.3 Å². The molecule has 4 aromatic rings. The van der Waals surface area contributed by atoms with Crippen LogP contribution in [0.2, 0.25) is 5.28 Å². The van der Waals surface area contributed by atoms with Gasteiger partial charge in [0.1, 0.15) is 5.75 Å². The second-order valence-electron chi connectivity index (χ2n) is 6.22. The third-order valence-electron chi connectivity index (χ3n) is 4.44. The Hall–Kier alpha value is -3.61. The van der Waals surface area contributed by atoms with E-state index in [0.29, 0.717) is 5.69 Å². The Bertz CT molecular complexity index is 1360. The van der Waals surface area contributed by atoms with E-state index in [-0.39, 0.29) is 34.6 Å². The molecule has 0 aliphatic heterocycles. The number of tetrazole rings is 1.